The van der Waals surface area contributed by atoms with Crippen molar-refractivity contribution in [3.05, 3.63) is 66.2 Å². The van der Waals surface area contributed by atoms with Crippen molar-refractivity contribution in [1.82, 2.24) is 25.5 Å². The summed E-state index contributed by atoms with van der Waals surface area (Å²) in [5.41, 5.74) is 1.90. The number of H-pyrrole nitrogens is 1. The molecule has 164 valence electrons. The van der Waals surface area contributed by atoms with Crippen LogP contribution in [0, 0.1) is 0 Å². The fraction of sp³-hybridized carbons (Fsp3) is 0.250. The number of alkyl halides is 3. The minimum absolute atomic E-state index is 0.00874. The monoisotopic (exact) mass is 435 g/mol. The number of carbonyl (C=O) groups is 2. The zero-order chi connectivity index (χ0) is 22.9. The summed E-state index contributed by atoms with van der Waals surface area (Å²) in [6, 6.07) is 13.5. The van der Waals surface area contributed by atoms with Gasteiger partial charge in [0.15, 0.2) is 5.82 Å². The van der Waals surface area contributed by atoms with E-state index in [0.29, 0.717) is 18.2 Å². The van der Waals surface area contributed by atoms with Gasteiger partial charge in [0.25, 0.3) is 0 Å². The highest BCUT2D eigenvalue weighted by atomic mass is 19.4. The van der Waals surface area contributed by atoms with E-state index in [0.717, 1.165) is 17.5 Å². The SMILES string of the molecule is CC[C@H](C(=O)NCc1nc(-c2ccncc2)n[nH]1)c1ccccc1.O=C(O)C(F)(F)F. The normalized spacial score (nSPS) is 11.7. The lowest BCUT2D eigenvalue weighted by Gasteiger charge is -2.14. The van der Waals surface area contributed by atoms with Crippen LogP contribution in [0.15, 0.2) is 54.9 Å². The molecule has 0 aliphatic heterocycles. The number of hydrogen-bond donors (Lipinski definition) is 3. The van der Waals surface area contributed by atoms with Crippen LogP contribution < -0.4 is 5.32 Å². The van der Waals surface area contributed by atoms with Gasteiger partial charge in [0.05, 0.1) is 12.5 Å². The number of nitrogens with zero attached hydrogens (tertiary/aromatic N) is 3. The summed E-state index contributed by atoms with van der Waals surface area (Å²) < 4.78 is 31.7. The Morgan fingerprint density at radius 2 is 1.74 bits per heavy atom. The first-order valence-corrected chi connectivity index (χ1v) is 9.16. The van der Waals surface area contributed by atoms with Crippen LogP contribution in [0.4, 0.5) is 13.2 Å². The number of halogens is 3. The molecular formula is C20H20F3N5O3. The van der Waals surface area contributed by atoms with E-state index in [-0.39, 0.29) is 11.8 Å². The number of pyridine rings is 1. The Labute approximate surface area is 175 Å². The van der Waals surface area contributed by atoms with Gasteiger partial charge in [0.2, 0.25) is 5.91 Å². The molecule has 0 aliphatic rings. The van der Waals surface area contributed by atoms with Gasteiger partial charge in [-0.2, -0.15) is 18.3 Å². The Hall–Kier alpha value is -3.76. The van der Waals surface area contributed by atoms with Crippen molar-refractivity contribution in [2.75, 3.05) is 0 Å². The Kier molecular flexibility index (Phi) is 8.24. The standard InChI is InChI=1S/C18H19N5O.C2HF3O2/c1-2-15(13-6-4-3-5-7-13)18(24)20-12-16-21-17(23-22-16)14-8-10-19-11-9-14;3-2(4,5)1(6)7/h3-11,15H,2,12H2,1H3,(H,20,24)(H,21,22,23);(H,6,7)/t15-;/m0./s1. The summed E-state index contributed by atoms with van der Waals surface area (Å²) in [5, 5.41) is 17.1. The number of nitrogens with one attached hydrogen (secondary N) is 2. The van der Waals surface area contributed by atoms with Crippen molar-refractivity contribution in [3.63, 3.8) is 0 Å². The van der Waals surface area contributed by atoms with Gasteiger partial charge in [-0.3, -0.25) is 14.9 Å². The van der Waals surface area contributed by atoms with E-state index in [1.807, 2.05) is 49.4 Å². The number of aliphatic carboxylic acids is 1. The highest BCUT2D eigenvalue weighted by Gasteiger charge is 2.38. The van der Waals surface area contributed by atoms with E-state index in [2.05, 4.69) is 25.5 Å². The third-order valence-corrected chi connectivity index (χ3v) is 4.07. The smallest absolute Gasteiger partial charge is 0.475 e. The van der Waals surface area contributed by atoms with E-state index in [1.165, 1.54) is 0 Å². The number of amides is 1. The van der Waals surface area contributed by atoms with Crippen molar-refractivity contribution in [3.8, 4) is 11.4 Å². The van der Waals surface area contributed by atoms with Gasteiger partial charge in [-0.15, -0.1) is 0 Å². The number of hydrogen-bond acceptors (Lipinski definition) is 5. The maximum Gasteiger partial charge on any atom is 0.490 e. The molecule has 0 fully saturated rings. The van der Waals surface area contributed by atoms with Crippen LogP contribution in [-0.2, 0) is 16.1 Å². The van der Waals surface area contributed by atoms with Gasteiger partial charge >= 0.3 is 12.1 Å². The molecule has 3 aromatic rings. The van der Waals surface area contributed by atoms with E-state index >= 15 is 0 Å². The van der Waals surface area contributed by atoms with Crippen molar-refractivity contribution in [2.24, 2.45) is 0 Å². The molecule has 1 aromatic carbocycles. The third kappa shape index (κ3) is 7.21. The topological polar surface area (TPSA) is 121 Å². The fourth-order valence-corrected chi connectivity index (χ4v) is 2.56. The van der Waals surface area contributed by atoms with Gasteiger partial charge in [-0.05, 0) is 24.1 Å². The number of carboxylic acids is 1. The number of aromatic amines is 1. The predicted molar refractivity (Wildman–Crippen MR) is 105 cm³/mol. The average molecular weight is 435 g/mol. The van der Waals surface area contributed by atoms with Crippen LogP contribution in [0.5, 0.6) is 0 Å². The summed E-state index contributed by atoms with van der Waals surface area (Å²) in [6.45, 7) is 2.33. The Morgan fingerprint density at radius 1 is 1.13 bits per heavy atom. The first kappa shape index (κ1) is 23.5. The second-order valence-electron chi connectivity index (χ2n) is 6.23. The lowest BCUT2D eigenvalue weighted by molar-refractivity contribution is -0.192. The highest BCUT2D eigenvalue weighted by Crippen LogP contribution is 2.19. The Balaban J connectivity index is 0.000000423. The fourth-order valence-electron chi connectivity index (χ4n) is 2.56. The van der Waals surface area contributed by atoms with Crippen molar-refractivity contribution in [2.45, 2.75) is 32.0 Å². The van der Waals surface area contributed by atoms with Gasteiger partial charge in [0, 0.05) is 18.0 Å². The Bertz CT molecular complexity index is 978. The number of rotatable bonds is 6. The molecular weight excluding hydrogens is 415 g/mol. The molecule has 2 heterocycles. The summed E-state index contributed by atoms with van der Waals surface area (Å²) in [6.07, 6.45) is -0.952. The van der Waals surface area contributed by atoms with Crippen molar-refractivity contribution in [1.29, 1.82) is 0 Å². The summed E-state index contributed by atoms with van der Waals surface area (Å²) in [5.74, 6) is -1.71. The zero-order valence-corrected chi connectivity index (χ0v) is 16.4. The zero-order valence-electron chi connectivity index (χ0n) is 16.4. The lowest BCUT2D eigenvalue weighted by Crippen LogP contribution is -2.29. The van der Waals surface area contributed by atoms with Gasteiger partial charge < -0.3 is 10.4 Å². The second-order valence-corrected chi connectivity index (χ2v) is 6.23. The van der Waals surface area contributed by atoms with Crippen LogP contribution in [0.25, 0.3) is 11.4 Å². The van der Waals surface area contributed by atoms with E-state index < -0.39 is 12.1 Å². The maximum absolute atomic E-state index is 12.4. The average Bonchev–Trinajstić information content (AvgIpc) is 3.23. The number of aromatic nitrogens is 4. The van der Waals surface area contributed by atoms with E-state index in [1.54, 1.807) is 12.4 Å². The maximum atomic E-state index is 12.4. The minimum atomic E-state index is -5.08. The lowest BCUT2D eigenvalue weighted by atomic mass is 9.96. The molecule has 0 radical (unpaired) electrons. The minimum Gasteiger partial charge on any atom is -0.475 e. The third-order valence-electron chi connectivity index (χ3n) is 4.07. The molecule has 8 nitrogen and oxygen atoms in total. The van der Waals surface area contributed by atoms with E-state index in [4.69, 9.17) is 9.90 Å². The number of carbonyl (C=O) groups excluding carboxylic acids is 1. The second kappa shape index (κ2) is 10.9. The van der Waals surface area contributed by atoms with Crippen LogP contribution in [0.2, 0.25) is 0 Å². The van der Waals surface area contributed by atoms with Crippen LogP contribution in [0.1, 0.15) is 30.7 Å². The number of carboxylic acid groups (broad SMARTS) is 1. The van der Waals surface area contributed by atoms with Crippen molar-refractivity contribution >= 4 is 11.9 Å². The molecule has 3 rings (SSSR count). The molecule has 31 heavy (non-hydrogen) atoms. The molecule has 0 saturated heterocycles. The first-order chi connectivity index (χ1) is 14.7. The molecule has 3 N–H and O–H groups in total. The number of benzene rings is 1. The highest BCUT2D eigenvalue weighted by molar-refractivity contribution is 5.83. The predicted octanol–water partition coefficient (Wildman–Crippen LogP) is 3.31. The van der Waals surface area contributed by atoms with Gasteiger partial charge in [0.1, 0.15) is 5.82 Å². The van der Waals surface area contributed by atoms with E-state index in [9.17, 15) is 18.0 Å². The molecule has 2 aromatic heterocycles. The van der Waals surface area contributed by atoms with Gasteiger partial charge in [-0.1, -0.05) is 37.3 Å². The van der Waals surface area contributed by atoms with Crippen LogP contribution in [-0.4, -0.2) is 43.3 Å². The van der Waals surface area contributed by atoms with Crippen molar-refractivity contribution < 1.29 is 27.9 Å². The largest absolute Gasteiger partial charge is 0.490 e. The summed E-state index contributed by atoms with van der Waals surface area (Å²) >= 11 is 0. The molecule has 0 bridgehead atoms. The summed E-state index contributed by atoms with van der Waals surface area (Å²) in [7, 11) is 0. The molecule has 11 heteroatoms. The molecule has 1 atom stereocenters. The molecule has 0 aliphatic carbocycles. The van der Waals surface area contributed by atoms with Gasteiger partial charge in [-0.25, -0.2) is 9.78 Å². The van der Waals surface area contributed by atoms with Crippen LogP contribution in [0.3, 0.4) is 0 Å². The molecule has 0 spiro atoms. The summed E-state index contributed by atoms with van der Waals surface area (Å²) in [4.78, 5) is 29.7. The molecule has 0 saturated carbocycles. The quantitative estimate of drug-likeness (QED) is 0.546. The first-order valence-electron chi connectivity index (χ1n) is 9.16. The molecule has 0 unspecified atom stereocenters. The molecule has 1 amide bonds. The van der Waals surface area contributed by atoms with Crippen LogP contribution >= 0.6 is 0 Å². The Morgan fingerprint density at radius 3 is 2.29 bits per heavy atom.